The van der Waals surface area contributed by atoms with Crippen LogP contribution in [0.3, 0.4) is 0 Å². The Balaban J connectivity index is 1.56. The lowest BCUT2D eigenvalue weighted by molar-refractivity contribution is -0.151. The number of hydrogen-bond donors (Lipinski definition) is 2. The molecule has 3 rings (SSSR count). The zero-order valence-electron chi connectivity index (χ0n) is 18.7. The van der Waals surface area contributed by atoms with Crippen LogP contribution in [-0.2, 0) is 24.3 Å². The van der Waals surface area contributed by atoms with Crippen LogP contribution in [0.4, 0.5) is 0 Å². The molecule has 1 aromatic carbocycles. The monoisotopic (exact) mass is 464 g/mol. The number of allylic oxidation sites excluding steroid dienone is 1. The van der Waals surface area contributed by atoms with E-state index in [9.17, 15) is 23.1 Å². The molecule has 32 heavy (non-hydrogen) atoms. The summed E-state index contributed by atoms with van der Waals surface area (Å²) in [5.41, 5.74) is 3.10. The quantitative estimate of drug-likeness (QED) is 0.449. The van der Waals surface area contributed by atoms with Crippen LogP contribution in [-0.4, -0.2) is 61.5 Å². The lowest BCUT2D eigenvalue weighted by Crippen LogP contribution is -2.42. The summed E-state index contributed by atoms with van der Waals surface area (Å²) >= 11 is 0. The number of nitrogens with zero attached hydrogens (tertiary/aromatic N) is 1. The highest BCUT2D eigenvalue weighted by Gasteiger charge is 2.44. The Morgan fingerprint density at radius 2 is 2.00 bits per heavy atom. The average Bonchev–Trinajstić information content (AvgIpc) is 3.17. The molecular weight excluding hydrogens is 432 g/mol. The molecule has 1 fully saturated rings. The molecule has 8 nitrogen and oxygen atoms in total. The first-order chi connectivity index (χ1) is 15.2. The predicted molar refractivity (Wildman–Crippen MR) is 119 cm³/mol. The van der Waals surface area contributed by atoms with Gasteiger partial charge in [0, 0.05) is 19.5 Å². The second-order valence-electron chi connectivity index (χ2n) is 8.54. The summed E-state index contributed by atoms with van der Waals surface area (Å²) < 4.78 is 32.3. The Labute approximate surface area is 189 Å². The van der Waals surface area contributed by atoms with Gasteiger partial charge in [-0.1, -0.05) is 17.7 Å². The molecular formula is C23H32N2O6S. The maximum atomic E-state index is 13.1. The van der Waals surface area contributed by atoms with Gasteiger partial charge in [0.2, 0.25) is 10.0 Å². The number of aryl methyl sites for hydroxylation is 2. The molecule has 1 aliphatic heterocycles. The summed E-state index contributed by atoms with van der Waals surface area (Å²) in [5.74, 6) is -1.27. The molecule has 9 heteroatoms. The van der Waals surface area contributed by atoms with Gasteiger partial charge in [0.05, 0.1) is 11.0 Å². The van der Waals surface area contributed by atoms with Gasteiger partial charge >= 0.3 is 5.97 Å². The highest BCUT2D eigenvalue weighted by atomic mass is 32.2. The summed E-state index contributed by atoms with van der Waals surface area (Å²) in [4.78, 5) is 24.7. The summed E-state index contributed by atoms with van der Waals surface area (Å²) in [6.07, 6.45) is 6.45. The van der Waals surface area contributed by atoms with Crippen LogP contribution >= 0.6 is 0 Å². The molecule has 1 heterocycles. The topological polar surface area (TPSA) is 113 Å². The van der Waals surface area contributed by atoms with Crippen molar-refractivity contribution in [2.75, 3.05) is 19.7 Å². The summed E-state index contributed by atoms with van der Waals surface area (Å²) in [7, 11) is -4.00. The van der Waals surface area contributed by atoms with Crippen LogP contribution < -0.4 is 5.32 Å². The van der Waals surface area contributed by atoms with Crippen molar-refractivity contribution >= 4 is 21.9 Å². The third-order valence-electron chi connectivity index (χ3n) is 6.09. The molecule has 1 aromatic rings. The average molecular weight is 465 g/mol. The highest BCUT2D eigenvalue weighted by Crippen LogP contribution is 2.28. The molecule has 0 bridgehead atoms. The fourth-order valence-corrected chi connectivity index (χ4v) is 5.76. The zero-order chi connectivity index (χ0) is 23.3. The number of sulfonamides is 1. The lowest BCUT2D eigenvalue weighted by Gasteiger charge is -2.22. The number of β-amino-alcohol motifs (C(OH)–C–C–N with tert-alkyl or cyclic N) is 1. The Morgan fingerprint density at radius 3 is 2.69 bits per heavy atom. The van der Waals surface area contributed by atoms with Crippen molar-refractivity contribution in [1.29, 1.82) is 0 Å². The molecule has 0 spiro atoms. The Bertz CT molecular complexity index is 988. The number of nitrogens with one attached hydrogen (secondary N) is 1. The number of esters is 1. The number of benzene rings is 1. The number of carbonyl (C=O) groups excluding carboxylic acids is 2. The van der Waals surface area contributed by atoms with Crippen molar-refractivity contribution in [2.45, 2.75) is 69.4 Å². The predicted octanol–water partition coefficient (Wildman–Crippen LogP) is 1.98. The van der Waals surface area contributed by atoms with E-state index in [0.717, 1.165) is 34.7 Å². The SMILES string of the molecule is Cc1ccc(S(=O)(=O)N2CC(O)C[C@H]2C(=O)OCC(=O)NCCC2=CCCCC2)cc1C. The second kappa shape index (κ2) is 10.6. The highest BCUT2D eigenvalue weighted by molar-refractivity contribution is 7.89. The first-order valence-corrected chi connectivity index (χ1v) is 12.5. The first-order valence-electron chi connectivity index (χ1n) is 11.1. The van der Waals surface area contributed by atoms with E-state index in [1.165, 1.54) is 24.5 Å². The van der Waals surface area contributed by atoms with E-state index in [2.05, 4.69) is 11.4 Å². The minimum Gasteiger partial charge on any atom is -0.454 e. The van der Waals surface area contributed by atoms with Gasteiger partial charge in [0.15, 0.2) is 6.61 Å². The molecule has 0 radical (unpaired) electrons. The first kappa shape index (κ1) is 24.4. The fourth-order valence-electron chi connectivity index (χ4n) is 4.05. The maximum Gasteiger partial charge on any atom is 0.325 e. The summed E-state index contributed by atoms with van der Waals surface area (Å²) in [6, 6.07) is 3.57. The van der Waals surface area contributed by atoms with E-state index >= 15 is 0 Å². The van der Waals surface area contributed by atoms with Gasteiger partial charge in [-0.25, -0.2) is 8.42 Å². The van der Waals surface area contributed by atoms with Crippen LogP contribution in [0.25, 0.3) is 0 Å². The Kier molecular flexibility index (Phi) is 8.08. The second-order valence-corrected chi connectivity index (χ2v) is 10.4. The van der Waals surface area contributed by atoms with Gasteiger partial charge in [-0.05, 0) is 69.2 Å². The van der Waals surface area contributed by atoms with Crippen molar-refractivity contribution in [2.24, 2.45) is 0 Å². The molecule has 0 aromatic heterocycles. The number of ether oxygens (including phenoxy) is 1. The van der Waals surface area contributed by atoms with Gasteiger partial charge in [-0.15, -0.1) is 0 Å². The van der Waals surface area contributed by atoms with Crippen molar-refractivity contribution in [3.8, 4) is 0 Å². The van der Waals surface area contributed by atoms with Crippen LogP contribution in [0.1, 0.15) is 49.7 Å². The van der Waals surface area contributed by atoms with Crippen molar-refractivity contribution in [1.82, 2.24) is 9.62 Å². The Morgan fingerprint density at radius 1 is 1.22 bits per heavy atom. The molecule has 176 valence electrons. The largest absolute Gasteiger partial charge is 0.454 e. The summed E-state index contributed by atoms with van der Waals surface area (Å²) in [6.45, 7) is 3.47. The van der Waals surface area contributed by atoms with Gasteiger partial charge < -0.3 is 15.2 Å². The van der Waals surface area contributed by atoms with Crippen molar-refractivity contribution < 1.29 is 27.9 Å². The fraction of sp³-hybridized carbons (Fsp3) is 0.565. The number of carbonyl (C=O) groups is 2. The third-order valence-corrected chi connectivity index (χ3v) is 7.96. The number of amides is 1. The minimum absolute atomic E-state index is 0.0576. The molecule has 2 aliphatic rings. The minimum atomic E-state index is -4.00. The smallest absolute Gasteiger partial charge is 0.325 e. The standard InChI is InChI=1S/C23H32N2O6S/c1-16-8-9-20(12-17(16)2)32(29,30)25-14-19(26)13-21(25)23(28)31-15-22(27)24-11-10-18-6-4-3-5-7-18/h6,8-9,12,19,21,26H,3-5,7,10-11,13-15H2,1-2H3,(H,24,27)/t19?,21-/m0/s1. The molecule has 2 N–H and O–H groups in total. The van der Waals surface area contributed by atoms with Crippen LogP contribution in [0.5, 0.6) is 0 Å². The summed E-state index contributed by atoms with van der Waals surface area (Å²) in [5, 5.41) is 12.8. The molecule has 2 atom stereocenters. The van der Waals surface area contributed by atoms with E-state index in [1.54, 1.807) is 12.1 Å². The van der Waals surface area contributed by atoms with E-state index in [-0.39, 0.29) is 17.9 Å². The van der Waals surface area contributed by atoms with E-state index in [1.807, 2.05) is 13.8 Å². The van der Waals surface area contributed by atoms with Crippen LogP contribution in [0, 0.1) is 13.8 Å². The zero-order valence-corrected chi connectivity index (χ0v) is 19.5. The third kappa shape index (κ3) is 5.96. The van der Waals surface area contributed by atoms with Crippen LogP contribution in [0.15, 0.2) is 34.7 Å². The van der Waals surface area contributed by atoms with Gasteiger partial charge in [0.25, 0.3) is 5.91 Å². The molecule has 0 saturated carbocycles. The van der Waals surface area contributed by atoms with Gasteiger partial charge in [-0.2, -0.15) is 4.31 Å². The van der Waals surface area contributed by atoms with Crippen molar-refractivity contribution in [3.05, 3.63) is 41.0 Å². The number of aliphatic hydroxyl groups excluding tert-OH is 1. The molecule has 1 aliphatic carbocycles. The van der Waals surface area contributed by atoms with Crippen LogP contribution in [0.2, 0.25) is 0 Å². The van der Waals surface area contributed by atoms with Gasteiger partial charge in [-0.3, -0.25) is 9.59 Å². The van der Waals surface area contributed by atoms with E-state index in [4.69, 9.17) is 4.74 Å². The Hall–Kier alpha value is -2.23. The van der Waals surface area contributed by atoms with Crippen molar-refractivity contribution in [3.63, 3.8) is 0 Å². The van der Waals surface area contributed by atoms with E-state index < -0.39 is 40.7 Å². The normalized spacial score (nSPS) is 21.8. The maximum absolute atomic E-state index is 13.1. The number of aliphatic hydroxyl groups is 1. The molecule has 1 amide bonds. The molecule has 1 saturated heterocycles. The van der Waals surface area contributed by atoms with Gasteiger partial charge in [0.1, 0.15) is 6.04 Å². The number of hydrogen-bond acceptors (Lipinski definition) is 6. The molecule has 1 unspecified atom stereocenters. The lowest BCUT2D eigenvalue weighted by atomic mass is 9.97. The van der Waals surface area contributed by atoms with E-state index in [0.29, 0.717) is 6.54 Å². The number of rotatable bonds is 8.